The highest BCUT2D eigenvalue weighted by atomic mass is 16.5. The summed E-state index contributed by atoms with van der Waals surface area (Å²) in [7, 11) is 1.63. The van der Waals surface area contributed by atoms with Gasteiger partial charge in [-0.3, -0.25) is 0 Å². The van der Waals surface area contributed by atoms with Crippen LogP contribution in [0.15, 0.2) is 22.7 Å². The summed E-state index contributed by atoms with van der Waals surface area (Å²) < 4.78 is 10.2. The van der Waals surface area contributed by atoms with Gasteiger partial charge in [-0.2, -0.15) is 4.98 Å². The first-order valence-electron chi connectivity index (χ1n) is 5.54. The van der Waals surface area contributed by atoms with Crippen molar-refractivity contribution in [1.82, 2.24) is 10.1 Å². The quantitative estimate of drug-likeness (QED) is 0.631. The van der Waals surface area contributed by atoms with Crippen LogP contribution in [0.1, 0.15) is 12.7 Å². The Morgan fingerprint density at radius 1 is 1.50 bits per heavy atom. The average molecular weight is 249 g/mol. The predicted molar refractivity (Wildman–Crippen MR) is 66.0 cm³/mol. The van der Waals surface area contributed by atoms with E-state index in [1.165, 1.54) is 6.07 Å². The Morgan fingerprint density at radius 3 is 2.94 bits per heavy atom. The molecule has 0 bridgehead atoms. The maximum Gasteiger partial charge on any atom is 0.258 e. The van der Waals surface area contributed by atoms with Crippen molar-refractivity contribution in [3.8, 4) is 17.2 Å². The zero-order valence-corrected chi connectivity index (χ0v) is 10.3. The molecule has 0 amide bonds. The topological polar surface area (TPSA) is 94.4 Å². The van der Waals surface area contributed by atoms with Gasteiger partial charge in [-0.25, -0.2) is 0 Å². The Morgan fingerprint density at radius 2 is 2.28 bits per heavy atom. The maximum absolute atomic E-state index is 9.52. The molecule has 18 heavy (non-hydrogen) atoms. The van der Waals surface area contributed by atoms with Gasteiger partial charge in [0.15, 0.2) is 5.82 Å². The highest BCUT2D eigenvalue weighted by molar-refractivity contribution is 5.63. The van der Waals surface area contributed by atoms with E-state index < -0.39 is 0 Å². The van der Waals surface area contributed by atoms with Crippen molar-refractivity contribution >= 4 is 5.69 Å². The number of nitrogens with two attached hydrogens (primary N) is 1. The number of hydrogen-bond donors (Lipinski definition) is 2. The highest BCUT2D eigenvalue weighted by Crippen LogP contribution is 2.26. The Balaban J connectivity index is 2.21. The third-order valence-electron chi connectivity index (χ3n) is 2.62. The van der Waals surface area contributed by atoms with E-state index >= 15 is 0 Å². The van der Waals surface area contributed by atoms with E-state index in [9.17, 15) is 5.11 Å². The summed E-state index contributed by atoms with van der Waals surface area (Å²) in [4.78, 5) is 4.23. The summed E-state index contributed by atoms with van der Waals surface area (Å²) in [5.41, 5.74) is 6.46. The van der Waals surface area contributed by atoms with Crippen LogP contribution in [0.3, 0.4) is 0 Å². The van der Waals surface area contributed by atoms with Crippen LogP contribution >= 0.6 is 0 Å². The minimum atomic E-state index is -0.00231. The number of ether oxygens (including phenoxy) is 1. The van der Waals surface area contributed by atoms with Crippen LogP contribution in [-0.2, 0) is 11.2 Å². The molecule has 96 valence electrons. The Bertz CT molecular complexity index is 539. The van der Waals surface area contributed by atoms with E-state index in [0.29, 0.717) is 29.4 Å². The fourth-order valence-corrected chi connectivity index (χ4v) is 1.47. The number of benzene rings is 1. The van der Waals surface area contributed by atoms with E-state index in [4.69, 9.17) is 15.0 Å². The minimum absolute atomic E-state index is 0.00231. The molecule has 6 heteroatoms. The van der Waals surface area contributed by atoms with Crippen molar-refractivity contribution < 1.29 is 14.4 Å². The van der Waals surface area contributed by atoms with Crippen LogP contribution in [0.4, 0.5) is 5.69 Å². The number of rotatable bonds is 4. The van der Waals surface area contributed by atoms with Crippen molar-refractivity contribution in [3.63, 3.8) is 0 Å². The van der Waals surface area contributed by atoms with E-state index in [2.05, 4.69) is 10.1 Å². The molecule has 1 heterocycles. The standard InChI is InChI=1S/C12H15N3O3/c1-7(17-2)5-11-14-12(18-15-11)8-3-4-9(13)10(16)6-8/h3-4,6-7,16H,5,13H2,1-2H3. The second-order valence-corrected chi connectivity index (χ2v) is 4.04. The minimum Gasteiger partial charge on any atom is -0.506 e. The molecule has 0 saturated carbocycles. The molecule has 3 N–H and O–H groups in total. The van der Waals surface area contributed by atoms with Gasteiger partial charge in [0, 0.05) is 19.1 Å². The Labute approximate surface area is 104 Å². The highest BCUT2D eigenvalue weighted by Gasteiger charge is 2.12. The van der Waals surface area contributed by atoms with Crippen LogP contribution in [0.5, 0.6) is 5.75 Å². The lowest BCUT2D eigenvalue weighted by atomic mass is 10.2. The number of methoxy groups -OCH3 is 1. The van der Waals surface area contributed by atoms with E-state index in [1.807, 2.05) is 6.92 Å². The van der Waals surface area contributed by atoms with Gasteiger partial charge >= 0.3 is 0 Å². The molecular formula is C12H15N3O3. The van der Waals surface area contributed by atoms with Gasteiger partial charge in [0.1, 0.15) is 5.75 Å². The monoisotopic (exact) mass is 249 g/mol. The van der Waals surface area contributed by atoms with Crippen LogP contribution in [-0.4, -0.2) is 28.5 Å². The fourth-order valence-electron chi connectivity index (χ4n) is 1.47. The first-order valence-corrected chi connectivity index (χ1v) is 5.54. The molecule has 0 aliphatic rings. The molecule has 1 unspecified atom stereocenters. The van der Waals surface area contributed by atoms with E-state index in [0.717, 1.165) is 0 Å². The first-order chi connectivity index (χ1) is 8.60. The van der Waals surface area contributed by atoms with Crippen molar-refractivity contribution in [2.45, 2.75) is 19.4 Å². The summed E-state index contributed by atoms with van der Waals surface area (Å²) in [6.45, 7) is 1.92. The number of nitrogens with zero attached hydrogens (tertiary/aromatic N) is 2. The van der Waals surface area contributed by atoms with Gasteiger partial charge in [-0.1, -0.05) is 5.16 Å². The van der Waals surface area contributed by atoms with Gasteiger partial charge in [0.05, 0.1) is 11.8 Å². The number of phenols is 1. The van der Waals surface area contributed by atoms with E-state index in [1.54, 1.807) is 19.2 Å². The molecule has 1 atom stereocenters. The molecule has 1 aromatic carbocycles. The van der Waals surface area contributed by atoms with Crippen molar-refractivity contribution in [2.75, 3.05) is 12.8 Å². The molecular weight excluding hydrogens is 234 g/mol. The molecule has 0 aliphatic heterocycles. The molecule has 0 spiro atoms. The summed E-state index contributed by atoms with van der Waals surface area (Å²) in [6, 6.07) is 4.80. The summed E-state index contributed by atoms with van der Waals surface area (Å²) in [5.74, 6) is 0.914. The predicted octanol–water partition coefficient (Wildman–Crippen LogP) is 1.60. The molecule has 2 rings (SSSR count). The number of nitrogen functional groups attached to an aromatic ring is 1. The van der Waals surface area contributed by atoms with Crippen molar-refractivity contribution in [2.24, 2.45) is 0 Å². The first kappa shape index (κ1) is 12.4. The summed E-state index contributed by atoms with van der Waals surface area (Å²) in [5, 5.41) is 13.4. The normalized spacial score (nSPS) is 12.6. The largest absolute Gasteiger partial charge is 0.506 e. The molecule has 6 nitrogen and oxygen atoms in total. The van der Waals surface area contributed by atoms with Crippen molar-refractivity contribution in [3.05, 3.63) is 24.0 Å². The zero-order chi connectivity index (χ0) is 13.1. The number of aromatic nitrogens is 2. The molecule has 0 saturated heterocycles. The SMILES string of the molecule is COC(C)Cc1noc(-c2ccc(N)c(O)c2)n1. The lowest BCUT2D eigenvalue weighted by Gasteiger charge is -2.04. The Kier molecular flexibility index (Phi) is 3.47. The number of phenolic OH excluding ortho intramolecular Hbond substituents is 1. The number of hydrogen-bond acceptors (Lipinski definition) is 6. The van der Waals surface area contributed by atoms with Crippen LogP contribution in [0, 0.1) is 0 Å². The average Bonchev–Trinajstić information content (AvgIpc) is 2.81. The van der Waals surface area contributed by atoms with Crippen LogP contribution in [0.2, 0.25) is 0 Å². The second kappa shape index (κ2) is 5.05. The molecule has 2 aromatic rings. The molecule has 0 aliphatic carbocycles. The maximum atomic E-state index is 9.52. The lowest BCUT2D eigenvalue weighted by Crippen LogP contribution is -2.09. The van der Waals surface area contributed by atoms with Gasteiger partial charge in [-0.05, 0) is 25.1 Å². The van der Waals surface area contributed by atoms with Gasteiger partial charge in [0.2, 0.25) is 0 Å². The second-order valence-electron chi connectivity index (χ2n) is 4.04. The summed E-state index contributed by atoms with van der Waals surface area (Å²) in [6.07, 6.45) is 0.594. The van der Waals surface area contributed by atoms with E-state index in [-0.39, 0.29) is 11.9 Å². The summed E-state index contributed by atoms with van der Waals surface area (Å²) >= 11 is 0. The molecule has 1 aromatic heterocycles. The van der Waals surface area contributed by atoms with Crippen LogP contribution in [0.25, 0.3) is 11.5 Å². The fraction of sp³-hybridized carbons (Fsp3) is 0.333. The van der Waals surface area contributed by atoms with Gasteiger partial charge < -0.3 is 20.1 Å². The molecule has 0 radical (unpaired) electrons. The van der Waals surface area contributed by atoms with Gasteiger partial charge in [-0.15, -0.1) is 0 Å². The Hall–Kier alpha value is -2.08. The molecule has 0 fully saturated rings. The van der Waals surface area contributed by atoms with Gasteiger partial charge in [0.25, 0.3) is 5.89 Å². The number of anilines is 1. The lowest BCUT2D eigenvalue weighted by molar-refractivity contribution is 0.116. The third kappa shape index (κ3) is 2.60. The smallest absolute Gasteiger partial charge is 0.258 e. The number of aromatic hydroxyl groups is 1. The van der Waals surface area contributed by atoms with Crippen molar-refractivity contribution in [1.29, 1.82) is 0 Å². The van der Waals surface area contributed by atoms with Crippen LogP contribution < -0.4 is 5.73 Å². The zero-order valence-electron chi connectivity index (χ0n) is 10.3. The third-order valence-corrected chi connectivity index (χ3v) is 2.62.